The number of nitrogens with zero attached hydrogens (tertiary/aromatic N) is 3. The number of aryl methyl sites for hydroxylation is 1. The molecular formula is C23H27N5O3S. The minimum atomic E-state index is -0.164. The van der Waals surface area contributed by atoms with E-state index in [-0.39, 0.29) is 24.0 Å². The normalized spacial score (nSPS) is 10.6. The lowest BCUT2D eigenvalue weighted by molar-refractivity contribution is -0.116. The highest BCUT2D eigenvalue weighted by Gasteiger charge is 2.17. The van der Waals surface area contributed by atoms with Crippen molar-refractivity contribution in [2.75, 3.05) is 23.5 Å². The van der Waals surface area contributed by atoms with Crippen molar-refractivity contribution in [3.05, 3.63) is 59.4 Å². The Morgan fingerprint density at radius 3 is 2.59 bits per heavy atom. The summed E-state index contributed by atoms with van der Waals surface area (Å²) in [6, 6.07) is 13.0. The number of hydrogen-bond acceptors (Lipinski definition) is 6. The van der Waals surface area contributed by atoms with Crippen LogP contribution in [0.1, 0.15) is 23.9 Å². The van der Waals surface area contributed by atoms with Crippen molar-refractivity contribution in [1.29, 1.82) is 0 Å². The molecule has 2 amide bonds. The lowest BCUT2D eigenvalue weighted by Gasteiger charge is -2.11. The fourth-order valence-electron chi connectivity index (χ4n) is 3.13. The van der Waals surface area contributed by atoms with E-state index < -0.39 is 0 Å². The Morgan fingerprint density at radius 2 is 1.84 bits per heavy atom. The molecule has 3 rings (SSSR count). The van der Waals surface area contributed by atoms with Crippen LogP contribution in [0.25, 0.3) is 0 Å². The highest BCUT2D eigenvalue weighted by Crippen LogP contribution is 2.21. The van der Waals surface area contributed by atoms with Crippen LogP contribution in [0.15, 0.2) is 47.6 Å². The minimum absolute atomic E-state index is 0.102. The number of amides is 2. The predicted molar refractivity (Wildman–Crippen MR) is 126 cm³/mol. The molecule has 32 heavy (non-hydrogen) atoms. The first-order valence-corrected chi connectivity index (χ1v) is 11.2. The molecule has 168 valence electrons. The summed E-state index contributed by atoms with van der Waals surface area (Å²) in [7, 11) is 1.58. The van der Waals surface area contributed by atoms with Gasteiger partial charge in [0.2, 0.25) is 11.8 Å². The zero-order chi connectivity index (χ0) is 23.1. The van der Waals surface area contributed by atoms with E-state index in [2.05, 4.69) is 20.8 Å². The minimum Gasteiger partial charge on any atom is -0.497 e. The van der Waals surface area contributed by atoms with Crippen LogP contribution in [0.5, 0.6) is 5.75 Å². The maximum absolute atomic E-state index is 12.6. The van der Waals surface area contributed by atoms with Crippen molar-refractivity contribution in [2.45, 2.75) is 38.9 Å². The largest absolute Gasteiger partial charge is 0.497 e. The maximum Gasteiger partial charge on any atom is 0.234 e. The van der Waals surface area contributed by atoms with E-state index in [4.69, 9.17) is 4.74 Å². The van der Waals surface area contributed by atoms with E-state index in [1.54, 1.807) is 19.2 Å². The van der Waals surface area contributed by atoms with Gasteiger partial charge in [0.15, 0.2) is 5.16 Å². The van der Waals surface area contributed by atoms with Gasteiger partial charge in [-0.05, 0) is 50.1 Å². The van der Waals surface area contributed by atoms with Gasteiger partial charge in [0.25, 0.3) is 0 Å². The quantitative estimate of drug-likeness (QED) is 0.478. The molecule has 2 N–H and O–H groups in total. The highest BCUT2D eigenvalue weighted by molar-refractivity contribution is 7.99. The summed E-state index contributed by atoms with van der Waals surface area (Å²) in [5, 5.41) is 14.7. The number of nitrogens with one attached hydrogen (secondary N) is 2. The molecule has 0 aliphatic heterocycles. The Kier molecular flexibility index (Phi) is 7.88. The molecule has 0 atom stereocenters. The number of carbonyl (C=O) groups is 2. The van der Waals surface area contributed by atoms with Crippen molar-refractivity contribution in [2.24, 2.45) is 0 Å². The number of benzene rings is 2. The van der Waals surface area contributed by atoms with Gasteiger partial charge < -0.3 is 19.9 Å². The summed E-state index contributed by atoms with van der Waals surface area (Å²) < 4.78 is 7.02. The van der Waals surface area contributed by atoms with Crippen LogP contribution >= 0.6 is 11.8 Å². The molecule has 8 nitrogen and oxygen atoms in total. The summed E-state index contributed by atoms with van der Waals surface area (Å²) in [6.07, 6.45) is 0.102. The van der Waals surface area contributed by atoms with Crippen molar-refractivity contribution in [3.8, 4) is 5.75 Å². The first-order valence-electron chi connectivity index (χ1n) is 10.3. The third kappa shape index (κ3) is 5.88. The molecule has 2 aromatic carbocycles. The molecule has 1 heterocycles. The van der Waals surface area contributed by atoms with E-state index in [0.717, 1.165) is 16.8 Å². The second kappa shape index (κ2) is 10.8. The number of carbonyl (C=O) groups excluding carboxylic acids is 2. The van der Waals surface area contributed by atoms with Gasteiger partial charge in [-0.15, -0.1) is 10.2 Å². The second-order valence-electron chi connectivity index (χ2n) is 7.18. The monoisotopic (exact) mass is 453 g/mol. The predicted octanol–water partition coefficient (Wildman–Crippen LogP) is 3.84. The standard InChI is InChI=1S/C23H27N5O3S/c1-5-28-20(13-21(29)25-19-11-6-8-15(2)16(19)3)26-27-23(28)32-14-22(30)24-17-9-7-10-18(12-17)31-4/h6-12H,5,13-14H2,1-4H3,(H,24,30)(H,25,29). The van der Waals surface area contributed by atoms with Crippen LogP contribution in [0.3, 0.4) is 0 Å². The van der Waals surface area contributed by atoms with Crippen LogP contribution in [0.2, 0.25) is 0 Å². The highest BCUT2D eigenvalue weighted by atomic mass is 32.2. The Labute approximate surface area is 191 Å². The van der Waals surface area contributed by atoms with Gasteiger partial charge in [-0.2, -0.15) is 0 Å². The fraction of sp³-hybridized carbons (Fsp3) is 0.304. The number of anilines is 2. The molecular weight excluding hydrogens is 426 g/mol. The van der Waals surface area contributed by atoms with Gasteiger partial charge in [-0.3, -0.25) is 9.59 Å². The number of methoxy groups -OCH3 is 1. The molecule has 3 aromatic rings. The number of rotatable bonds is 9. The summed E-state index contributed by atoms with van der Waals surface area (Å²) in [6.45, 7) is 6.53. The number of ether oxygens (including phenoxy) is 1. The summed E-state index contributed by atoms with van der Waals surface area (Å²) in [5.41, 5.74) is 3.61. The van der Waals surface area contributed by atoms with Gasteiger partial charge >= 0.3 is 0 Å². The Morgan fingerprint density at radius 1 is 1.06 bits per heavy atom. The van der Waals surface area contributed by atoms with Gasteiger partial charge in [0.1, 0.15) is 11.6 Å². The van der Waals surface area contributed by atoms with Crippen molar-refractivity contribution < 1.29 is 14.3 Å². The molecule has 0 aliphatic carbocycles. The molecule has 0 aliphatic rings. The molecule has 0 saturated heterocycles. The van der Waals surface area contributed by atoms with E-state index in [0.29, 0.717) is 29.0 Å². The van der Waals surface area contributed by atoms with Gasteiger partial charge in [0.05, 0.1) is 19.3 Å². The molecule has 0 unspecified atom stereocenters. The van der Waals surface area contributed by atoms with Crippen LogP contribution in [0.4, 0.5) is 11.4 Å². The second-order valence-corrected chi connectivity index (χ2v) is 8.13. The Bertz CT molecular complexity index is 1110. The van der Waals surface area contributed by atoms with E-state index in [9.17, 15) is 9.59 Å². The SMILES string of the molecule is CCn1c(CC(=O)Nc2cccc(C)c2C)nnc1SCC(=O)Nc1cccc(OC)c1. The summed E-state index contributed by atoms with van der Waals surface area (Å²) >= 11 is 1.28. The summed E-state index contributed by atoms with van der Waals surface area (Å²) in [4.78, 5) is 24.9. The fourth-order valence-corrected chi connectivity index (χ4v) is 3.95. The van der Waals surface area contributed by atoms with E-state index >= 15 is 0 Å². The topological polar surface area (TPSA) is 98.1 Å². The third-order valence-corrected chi connectivity index (χ3v) is 5.96. The van der Waals surface area contributed by atoms with Crippen molar-refractivity contribution >= 4 is 35.0 Å². The van der Waals surface area contributed by atoms with Crippen LogP contribution in [-0.4, -0.2) is 39.4 Å². The van der Waals surface area contributed by atoms with Gasteiger partial charge in [-0.25, -0.2) is 0 Å². The Balaban J connectivity index is 1.59. The molecule has 9 heteroatoms. The Hall–Kier alpha value is -3.33. The molecule has 0 radical (unpaired) electrons. The van der Waals surface area contributed by atoms with Crippen LogP contribution in [-0.2, 0) is 22.6 Å². The average Bonchev–Trinajstić information content (AvgIpc) is 3.16. The van der Waals surface area contributed by atoms with Crippen LogP contribution in [0, 0.1) is 13.8 Å². The van der Waals surface area contributed by atoms with Crippen molar-refractivity contribution in [3.63, 3.8) is 0 Å². The molecule has 0 bridgehead atoms. The zero-order valence-electron chi connectivity index (χ0n) is 18.6. The molecule has 0 spiro atoms. The maximum atomic E-state index is 12.6. The number of hydrogen-bond donors (Lipinski definition) is 2. The van der Waals surface area contributed by atoms with E-state index in [1.807, 2.05) is 55.7 Å². The lowest BCUT2D eigenvalue weighted by atomic mass is 10.1. The molecule has 0 fully saturated rings. The van der Waals surface area contributed by atoms with Crippen molar-refractivity contribution in [1.82, 2.24) is 14.8 Å². The number of thioether (sulfide) groups is 1. The smallest absolute Gasteiger partial charge is 0.234 e. The van der Waals surface area contributed by atoms with Crippen LogP contribution < -0.4 is 15.4 Å². The molecule has 1 aromatic heterocycles. The average molecular weight is 454 g/mol. The van der Waals surface area contributed by atoms with E-state index in [1.165, 1.54) is 11.8 Å². The summed E-state index contributed by atoms with van der Waals surface area (Å²) in [5.74, 6) is 1.08. The van der Waals surface area contributed by atoms with Gasteiger partial charge in [-0.1, -0.05) is 30.0 Å². The van der Waals surface area contributed by atoms with Gasteiger partial charge in [0, 0.05) is 24.0 Å². The zero-order valence-corrected chi connectivity index (χ0v) is 19.5. The molecule has 0 saturated carbocycles. The lowest BCUT2D eigenvalue weighted by Crippen LogP contribution is -2.18. The first kappa shape index (κ1) is 23.3. The first-order chi connectivity index (χ1) is 15.4. The third-order valence-electron chi connectivity index (χ3n) is 4.99. The number of aromatic nitrogens is 3.